The van der Waals surface area contributed by atoms with Crippen molar-refractivity contribution >= 4 is 5.69 Å². The van der Waals surface area contributed by atoms with E-state index in [1.54, 1.807) is 37.1 Å². The van der Waals surface area contributed by atoms with Gasteiger partial charge in [0.2, 0.25) is 5.82 Å². The van der Waals surface area contributed by atoms with Crippen molar-refractivity contribution in [2.75, 3.05) is 5.73 Å². The van der Waals surface area contributed by atoms with Crippen LogP contribution in [0.1, 0.15) is 0 Å². The van der Waals surface area contributed by atoms with Crippen LogP contribution in [0.25, 0.3) is 22.8 Å². The van der Waals surface area contributed by atoms with Gasteiger partial charge < -0.3 is 14.7 Å². The molecule has 0 aliphatic heterocycles. The minimum absolute atomic E-state index is 0.376. The molecule has 0 spiro atoms. The Bertz CT molecular complexity index is 630. The first-order valence-corrected chi connectivity index (χ1v) is 4.90. The van der Waals surface area contributed by atoms with Crippen LogP contribution >= 0.6 is 0 Å². The van der Waals surface area contributed by atoms with Crippen LogP contribution < -0.4 is 5.73 Å². The van der Waals surface area contributed by atoms with Crippen LogP contribution in [0.5, 0.6) is 0 Å². The Morgan fingerprint density at radius 3 is 2.88 bits per heavy atom. The Morgan fingerprint density at radius 1 is 1.18 bits per heavy atom. The second-order valence-electron chi connectivity index (χ2n) is 3.44. The van der Waals surface area contributed by atoms with Crippen LogP contribution in [0.2, 0.25) is 0 Å². The lowest BCUT2D eigenvalue weighted by atomic mass is 10.2. The standard InChI is InChI=1S/C11H8N4O2/c12-9-3-8(4-13-5-9)11-14-10(15-17-11)7-1-2-16-6-7/h1-6H,12H2. The number of pyridine rings is 1. The number of nitrogens with two attached hydrogens (primary N) is 1. The fourth-order valence-electron chi connectivity index (χ4n) is 1.42. The molecule has 6 heteroatoms. The molecule has 3 heterocycles. The van der Waals surface area contributed by atoms with Crippen LogP contribution in [0.3, 0.4) is 0 Å². The molecule has 84 valence electrons. The molecule has 0 aliphatic carbocycles. The van der Waals surface area contributed by atoms with E-state index in [0.29, 0.717) is 23.0 Å². The molecule has 3 rings (SSSR count). The summed E-state index contributed by atoms with van der Waals surface area (Å²) in [6.45, 7) is 0. The predicted molar refractivity (Wildman–Crippen MR) is 59.6 cm³/mol. The SMILES string of the molecule is Nc1cncc(-c2nc(-c3ccoc3)no2)c1. The highest BCUT2D eigenvalue weighted by molar-refractivity contribution is 5.60. The maximum atomic E-state index is 5.63. The monoisotopic (exact) mass is 228 g/mol. The molecule has 3 aromatic heterocycles. The number of rotatable bonds is 2. The van der Waals surface area contributed by atoms with E-state index < -0.39 is 0 Å². The van der Waals surface area contributed by atoms with Crippen molar-refractivity contribution in [2.24, 2.45) is 0 Å². The number of anilines is 1. The largest absolute Gasteiger partial charge is 0.472 e. The molecule has 0 aromatic carbocycles. The van der Waals surface area contributed by atoms with Crippen LogP contribution in [0, 0.1) is 0 Å². The lowest BCUT2D eigenvalue weighted by Crippen LogP contribution is -1.87. The van der Waals surface area contributed by atoms with E-state index in [-0.39, 0.29) is 0 Å². The van der Waals surface area contributed by atoms with Gasteiger partial charge in [0, 0.05) is 12.4 Å². The summed E-state index contributed by atoms with van der Waals surface area (Å²) in [5.41, 5.74) is 7.63. The number of nitrogens with zero attached hydrogens (tertiary/aromatic N) is 3. The minimum Gasteiger partial charge on any atom is -0.472 e. The highest BCUT2D eigenvalue weighted by Crippen LogP contribution is 2.22. The van der Waals surface area contributed by atoms with Crippen LogP contribution in [-0.2, 0) is 0 Å². The van der Waals surface area contributed by atoms with Crippen LogP contribution in [0.4, 0.5) is 5.69 Å². The van der Waals surface area contributed by atoms with Gasteiger partial charge in [-0.3, -0.25) is 4.98 Å². The highest BCUT2D eigenvalue weighted by Gasteiger charge is 2.11. The summed E-state index contributed by atoms with van der Waals surface area (Å²) in [6.07, 6.45) is 6.26. The van der Waals surface area contributed by atoms with Gasteiger partial charge in [0.05, 0.1) is 23.1 Å². The van der Waals surface area contributed by atoms with Gasteiger partial charge in [-0.15, -0.1) is 0 Å². The molecular weight excluding hydrogens is 220 g/mol. The van der Waals surface area contributed by atoms with Crippen molar-refractivity contribution in [1.29, 1.82) is 0 Å². The Balaban J connectivity index is 2.01. The molecule has 0 atom stereocenters. The zero-order valence-corrected chi connectivity index (χ0v) is 8.70. The average molecular weight is 228 g/mol. The molecule has 0 saturated heterocycles. The van der Waals surface area contributed by atoms with Crippen molar-refractivity contribution in [3.8, 4) is 22.8 Å². The van der Waals surface area contributed by atoms with Crippen molar-refractivity contribution in [3.05, 3.63) is 37.1 Å². The van der Waals surface area contributed by atoms with Crippen molar-refractivity contribution in [3.63, 3.8) is 0 Å². The minimum atomic E-state index is 0.376. The van der Waals surface area contributed by atoms with Crippen molar-refractivity contribution in [1.82, 2.24) is 15.1 Å². The maximum Gasteiger partial charge on any atom is 0.259 e. The summed E-state index contributed by atoms with van der Waals surface area (Å²) in [6, 6.07) is 3.48. The Labute approximate surface area is 96.1 Å². The zero-order chi connectivity index (χ0) is 11.7. The molecule has 2 N–H and O–H groups in total. The first kappa shape index (κ1) is 9.59. The van der Waals surface area contributed by atoms with Gasteiger partial charge in [0.1, 0.15) is 6.26 Å². The van der Waals surface area contributed by atoms with E-state index in [1.165, 1.54) is 0 Å². The van der Waals surface area contributed by atoms with E-state index in [2.05, 4.69) is 15.1 Å². The predicted octanol–water partition coefficient (Wildman–Crippen LogP) is 1.97. The molecule has 0 bridgehead atoms. The molecule has 0 saturated carbocycles. The van der Waals surface area contributed by atoms with Crippen molar-refractivity contribution in [2.45, 2.75) is 0 Å². The zero-order valence-electron chi connectivity index (χ0n) is 8.70. The quantitative estimate of drug-likeness (QED) is 0.721. The van der Waals surface area contributed by atoms with E-state index in [0.717, 1.165) is 5.56 Å². The summed E-state index contributed by atoms with van der Waals surface area (Å²) < 4.78 is 10.1. The third-order valence-corrected chi connectivity index (χ3v) is 2.21. The second kappa shape index (κ2) is 3.75. The summed E-state index contributed by atoms with van der Waals surface area (Å²) in [5.74, 6) is 0.845. The topological polar surface area (TPSA) is 91.0 Å². The van der Waals surface area contributed by atoms with Crippen LogP contribution in [-0.4, -0.2) is 15.1 Å². The fraction of sp³-hybridized carbons (Fsp3) is 0. The van der Waals surface area contributed by atoms with Gasteiger partial charge in [-0.05, 0) is 12.1 Å². The van der Waals surface area contributed by atoms with E-state index in [9.17, 15) is 0 Å². The Morgan fingerprint density at radius 2 is 2.12 bits per heavy atom. The van der Waals surface area contributed by atoms with Gasteiger partial charge in [0.15, 0.2) is 0 Å². The Hall–Kier alpha value is -2.63. The number of hydrogen-bond acceptors (Lipinski definition) is 6. The highest BCUT2D eigenvalue weighted by atomic mass is 16.5. The molecule has 3 aromatic rings. The lowest BCUT2D eigenvalue weighted by molar-refractivity contribution is 0.432. The molecule has 0 aliphatic rings. The summed E-state index contributed by atoms with van der Waals surface area (Å²) in [4.78, 5) is 8.19. The third-order valence-electron chi connectivity index (χ3n) is 2.21. The summed E-state index contributed by atoms with van der Waals surface area (Å²) in [7, 11) is 0. The molecule has 0 unspecified atom stereocenters. The van der Waals surface area contributed by atoms with Gasteiger partial charge in [0.25, 0.3) is 5.89 Å². The smallest absolute Gasteiger partial charge is 0.259 e. The van der Waals surface area contributed by atoms with Gasteiger partial charge in [-0.1, -0.05) is 5.16 Å². The molecule has 0 amide bonds. The van der Waals surface area contributed by atoms with Crippen LogP contribution in [0.15, 0.2) is 46.0 Å². The van der Waals surface area contributed by atoms with Gasteiger partial charge in [-0.2, -0.15) is 4.98 Å². The normalized spacial score (nSPS) is 10.6. The maximum absolute atomic E-state index is 5.63. The number of aromatic nitrogens is 3. The van der Waals surface area contributed by atoms with Gasteiger partial charge >= 0.3 is 0 Å². The number of furan rings is 1. The van der Waals surface area contributed by atoms with E-state index in [1.807, 2.05) is 0 Å². The number of nitrogen functional groups attached to an aromatic ring is 1. The second-order valence-corrected chi connectivity index (χ2v) is 3.44. The molecular formula is C11H8N4O2. The summed E-state index contributed by atoms with van der Waals surface area (Å²) >= 11 is 0. The number of hydrogen-bond donors (Lipinski definition) is 1. The van der Waals surface area contributed by atoms with E-state index >= 15 is 0 Å². The molecule has 0 fully saturated rings. The molecule has 6 nitrogen and oxygen atoms in total. The van der Waals surface area contributed by atoms with E-state index in [4.69, 9.17) is 14.7 Å². The summed E-state index contributed by atoms with van der Waals surface area (Å²) in [5, 5.41) is 3.85. The fourth-order valence-corrected chi connectivity index (χ4v) is 1.42. The average Bonchev–Trinajstić information content (AvgIpc) is 3.00. The van der Waals surface area contributed by atoms with Crippen molar-refractivity contribution < 1.29 is 8.94 Å². The molecule has 0 radical (unpaired) electrons. The Kier molecular flexibility index (Phi) is 2.11. The van der Waals surface area contributed by atoms with Gasteiger partial charge in [-0.25, -0.2) is 0 Å². The first-order chi connectivity index (χ1) is 8.33. The first-order valence-electron chi connectivity index (χ1n) is 4.90. The third kappa shape index (κ3) is 1.76. The lowest BCUT2D eigenvalue weighted by Gasteiger charge is -1.94. The molecule has 17 heavy (non-hydrogen) atoms.